The maximum Gasteiger partial charge on any atom is 0.220 e. The van der Waals surface area contributed by atoms with E-state index in [-0.39, 0.29) is 12.5 Å². The first kappa shape index (κ1) is 41.3. The fourth-order valence-electron chi connectivity index (χ4n) is 4.39. The van der Waals surface area contributed by atoms with Gasteiger partial charge in [0.1, 0.15) is 0 Å². The summed E-state index contributed by atoms with van der Waals surface area (Å²) in [6, 6.07) is -0.643. The van der Waals surface area contributed by atoms with Crippen LogP contribution in [0.1, 0.15) is 129 Å². The van der Waals surface area contributed by atoms with Gasteiger partial charge in [0.25, 0.3) is 0 Å². The quantitative estimate of drug-likeness (QED) is 0.0585. The summed E-state index contributed by atoms with van der Waals surface area (Å²) in [6.45, 7) is 4.09. The van der Waals surface area contributed by atoms with Crippen LogP contribution in [0.4, 0.5) is 0 Å². The molecule has 0 aromatic heterocycles. The Morgan fingerprint density at radius 2 is 1.00 bits per heavy atom. The molecule has 0 spiro atoms. The molecule has 0 aliphatic rings. The van der Waals surface area contributed by atoms with Crippen molar-refractivity contribution in [2.24, 2.45) is 0 Å². The number of carbonyl (C=O) groups excluding carboxylic acids is 1. The first-order valence-corrected chi connectivity index (χ1v) is 17.5. The average Bonchev–Trinajstić information content (AvgIpc) is 3.03. The van der Waals surface area contributed by atoms with Crippen LogP contribution in [0.15, 0.2) is 97.2 Å². The fourth-order valence-corrected chi connectivity index (χ4v) is 4.39. The molecule has 0 radical (unpaired) electrons. The lowest BCUT2D eigenvalue weighted by Gasteiger charge is -2.19. The SMILES string of the molecule is CC/C=C\C/C=C\C/C=C\C/C=C\C/C=C\C/C=C\C/C=C\CCCCCC(=O)NC(CO)C(O)/C=C/CCCCCCC. The number of carbonyl (C=O) groups is 1. The third-order valence-corrected chi connectivity index (χ3v) is 7.07. The van der Waals surface area contributed by atoms with Gasteiger partial charge in [-0.15, -0.1) is 0 Å². The van der Waals surface area contributed by atoms with Crippen LogP contribution in [0.2, 0.25) is 0 Å². The number of unbranched alkanes of at least 4 members (excludes halogenated alkanes) is 8. The second-order valence-corrected chi connectivity index (χ2v) is 11.2. The van der Waals surface area contributed by atoms with Crippen molar-refractivity contribution in [2.45, 2.75) is 142 Å². The van der Waals surface area contributed by atoms with Crippen molar-refractivity contribution in [3.63, 3.8) is 0 Å². The minimum absolute atomic E-state index is 0.107. The third-order valence-electron chi connectivity index (χ3n) is 7.07. The van der Waals surface area contributed by atoms with Crippen LogP contribution in [-0.2, 0) is 4.79 Å². The van der Waals surface area contributed by atoms with Gasteiger partial charge in [0.15, 0.2) is 0 Å². The van der Waals surface area contributed by atoms with Gasteiger partial charge < -0.3 is 15.5 Å². The summed E-state index contributed by atoms with van der Waals surface area (Å²) in [7, 11) is 0. The molecule has 2 unspecified atom stereocenters. The number of hydrogen-bond acceptors (Lipinski definition) is 3. The summed E-state index contributed by atoms with van der Waals surface area (Å²) >= 11 is 0. The molecule has 0 aromatic carbocycles. The number of aliphatic hydroxyl groups is 2. The van der Waals surface area contributed by atoms with Gasteiger partial charge in [-0.05, 0) is 77.0 Å². The highest BCUT2D eigenvalue weighted by Crippen LogP contribution is 2.08. The molecule has 4 nitrogen and oxygen atoms in total. The van der Waals surface area contributed by atoms with Crippen molar-refractivity contribution in [3.05, 3.63) is 97.2 Å². The van der Waals surface area contributed by atoms with E-state index in [1.165, 1.54) is 25.7 Å². The predicted octanol–water partition coefficient (Wildman–Crippen LogP) is 10.3. The maximum atomic E-state index is 12.2. The molecule has 0 bridgehead atoms. The Hall–Kier alpha value is -2.69. The normalized spacial score (nSPS) is 14.4. The van der Waals surface area contributed by atoms with Crippen LogP contribution in [0.5, 0.6) is 0 Å². The number of aliphatic hydroxyl groups excluding tert-OH is 2. The van der Waals surface area contributed by atoms with Gasteiger partial charge in [-0.2, -0.15) is 0 Å². The average molecular weight is 608 g/mol. The molecule has 44 heavy (non-hydrogen) atoms. The summed E-state index contributed by atoms with van der Waals surface area (Å²) < 4.78 is 0. The van der Waals surface area contributed by atoms with Gasteiger partial charge in [0, 0.05) is 6.42 Å². The van der Waals surface area contributed by atoms with E-state index in [4.69, 9.17) is 0 Å². The van der Waals surface area contributed by atoms with Crippen LogP contribution < -0.4 is 5.32 Å². The monoisotopic (exact) mass is 607 g/mol. The molecule has 3 N–H and O–H groups in total. The Balaban J connectivity index is 3.76. The van der Waals surface area contributed by atoms with Crippen molar-refractivity contribution >= 4 is 5.91 Å². The molecule has 0 aromatic rings. The van der Waals surface area contributed by atoms with Crippen LogP contribution in [0, 0.1) is 0 Å². The van der Waals surface area contributed by atoms with Crippen LogP contribution in [-0.4, -0.2) is 34.9 Å². The highest BCUT2D eigenvalue weighted by Gasteiger charge is 2.17. The Labute approximate surface area is 271 Å². The van der Waals surface area contributed by atoms with Gasteiger partial charge >= 0.3 is 0 Å². The number of rotatable bonds is 29. The third kappa shape index (κ3) is 30.8. The topological polar surface area (TPSA) is 69.6 Å². The number of allylic oxidation sites excluding steroid dienone is 15. The molecule has 1 amide bonds. The molecule has 0 saturated carbocycles. The second-order valence-electron chi connectivity index (χ2n) is 11.2. The molecule has 2 atom stereocenters. The van der Waals surface area contributed by atoms with Gasteiger partial charge in [0.2, 0.25) is 5.91 Å². The van der Waals surface area contributed by atoms with Crippen LogP contribution in [0.25, 0.3) is 0 Å². The number of amides is 1. The van der Waals surface area contributed by atoms with Gasteiger partial charge in [-0.3, -0.25) is 4.79 Å². The largest absolute Gasteiger partial charge is 0.394 e. The van der Waals surface area contributed by atoms with E-state index in [1.54, 1.807) is 6.08 Å². The molecular weight excluding hydrogens is 542 g/mol. The van der Waals surface area contributed by atoms with E-state index in [0.717, 1.165) is 83.5 Å². The molecule has 0 rings (SSSR count). The zero-order valence-electron chi connectivity index (χ0n) is 28.1. The minimum Gasteiger partial charge on any atom is -0.394 e. The van der Waals surface area contributed by atoms with Gasteiger partial charge in [-0.1, -0.05) is 143 Å². The summed E-state index contributed by atoms with van der Waals surface area (Å²) in [5.41, 5.74) is 0. The highest BCUT2D eigenvalue weighted by molar-refractivity contribution is 5.76. The molecule has 0 fully saturated rings. The first-order chi connectivity index (χ1) is 21.7. The molecule has 4 heteroatoms. The fraction of sp³-hybridized carbons (Fsp3) is 0.575. The van der Waals surface area contributed by atoms with E-state index >= 15 is 0 Å². The van der Waals surface area contributed by atoms with Gasteiger partial charge in [0.05, 0.1) is 18.8 Å². The molecule has 0 saturated heterocycles. The van der Waals surface area contributed by atoms with Gasteiger partial charge in [-0.25, -0.2) is 0 Å². The Bertz CT molecular complexity index is 875. The van der Waals surface area contributed by atoms with E-state index in [1.807, 2.05) is 6.08 Å². The molecule has 248 valence electrons. The van der Waals surface area contributed by atoms with Crippen molar-refractivity contribution in [1.82, 2.24) is 5.32 Å². The zero-order valence-corrected chi connectivity index (χ0v) is 28.1. The zero-order chi connectivity index (χ0) is 32.2. The Morgan fingerprint density at radius 3 is 1.48 bits per heavy atom. The number of nitrogens with one attached hydrogen (secondary N) is 1. The van der Waals surface area contributed by atoms with Crippen molar-refractivity contribution in [2.75, 3.05) is 6.61 Å². The Morgan fingerprint density at radius 1 is 0.568 bits per heavy atom. The van der Waals surface area contributed by atoms with Crippen LogP contribution >= 0.6 is 0 Å². The Kier molecular flexibility index (Phi) is 32.7. The molecule has 0 aliphatic carbocycles. The summed E-state index contributed by atoms with van der Waals surface area (Å²) in [6.07, 6.45) is 52.1. The summed E-state index contributed by atoms with van der Waals surface area (Å²) in [5, 5.41) is 22.6. The van der Waals surface area contributed by atoms with Crippen LogP contribution in [0.3, 0.4) is 0 Å². The summed E-state index contributed by atoms with van der Waals surface area (Å²) in [4.78, 5) is 12.2. The van der Waals surface area contributed by atoms with Crippen molar-refractivity contribution in [1.29, 1.82) is 0 Å². The lowest BCUT2D eigenvalue weighted by Crippen LogP contribution is -2.45. The highest BCUT2D eigenvalue weighted by atomic mass is 16.3. The predicted molar refractivity (Wildman–Crippen MR) is 193 cm³/mol. The second kappa shape index (κ2) is 34.8. The minimum atomic E-state index is -0.856. The lowest BCUT2D eigenvalue weighted by molar-refractivity contribution is -0.123. The number of hydrogen-bond donors (Lipinski definition) is 3. The molecule has 0 heterocycles. The van der Waals surface area contributed by atoms with E-state index < -0.39 is 12.1 Å². The van der Waals surface area contributed by atoms with Crippen molar-refractivity contribution < 1.29 is 15.0 Å². The molecule has 0 aliphatic heterocycles. The van der Waals surface area contributed by atoms with E-state index in [0.29, 0.717) is 6.42 Å². The van der Waals surface area contributed by atoms with E-state index in [2.05, 4.69) is 104 Å². The lowest BCUT2D eigenvalue weighted by atomic mass is 10.1. The standard InChI is InChI=1S/C40H65NO3/c1-3-5-7-9-11-12-13-14-15-16-17-18-19-20-21-22-23-24-25-26-27-28-30-32-34-36-40(44)41-38(37-42)39(43)35-33-31-29-10-8-6-4-2/h5,7,11-12,14-15,17-18,20-21,23-24,26-27,33,35,38-39,42-43H,3-4,6,8-10,13,16,19,22,25,28-32,34,36-37H2,1-2H3,(H,41,44)/b7-5-,12-11-,15-14-,18-17-,21-20-,24-23-,27-26-,35-33+. The first-order valence-electron chi connectivity index (χ1n) is 17.5. The molecular formula is C40H65NO3. The summed E-state index contributed by atoms with van der Waals surface area (Å²) in [5.74, 6) is -0.107. The smallest absolute Gasteiger partial charge is 0.220 e. The van der Waals surface area contributed by atoms with E-state index in [9.17, 15) is 15.0 Å². The van der Waals surface area contributed by atoms with Crippen molar-refractivity contribution in [3.8, 4) is 0 Å². The maximum absolute atomic E-state index is 12.2.